The zero-order valence-corrected chi connectivity index (χ0v) is 17.9. The molecule has 32 heavy (non-hydrogen) atoms. The lowest BCUT2D eigenvalue weighted by molar-refractivity contribution is 0.0910. The highest BCUT2D eigenvalue weighted by molar-refractivity contribution is 6.00. The van der Waals surface area contributed by atoms with Gasteiger partial charge in [0.25, 0.3) is 5.91 Å². The number of nitrogens with one attached hydrogen (secondary N) is 1. The number of carbonyl (C=O) groups is 2. The number of halogens is 3. The Morgan fingerprint density at radius 3 is 2.38 bits per heavy atom. The molecule has 1 heterocycles. The number of Topliss-reactive ketones (excluding diaryl/α,β-unsaturated/α-hetero) is 1. The minimum absolute atomic E-state index is 0.0490. The Bertz CT molecular complexity index is 1280. The second kappa shape index (κ2) is 7.55. The Kier molecular flexibility index (Phi) is 5.11. The Morgan fingerprint density at radius 2 is 1.69 bits per heavy atom. The standard InChI is InChI=1S/C24H22F3N3O2/c1-12-6-15-21(10-24(2,3)11-22(15)31)30(12)13-4-5-14(23(28)32)19(7-13)29-20-9-17(26)16(25)8-18(20)27/h4-9,29H,10-11H2,1-3H3,(H2,28,32). The summed E-state index contributed by atoms with van der Waals surface area (Å²) in [5.74, 6) is -4.29. The van der Waals surface area contributed by atoms with Crippen LogP contribution in [0.2, 0.25) is 0 Å². The molecule has 5 nitrogen and oxygen atoms in total. The molecule has 166 valence electrons. The summed E-state index contributed by atoms with van der Waals surface area (Å²) >= 11 is 0. The molecule has 3 aromatic rings. The van der Waals surface area contributed by atoms with Gasteiger partial charge in [-0.3, -0.25) is 9.59 Å². The lowest BCUT2D eigenvalue weighted by Gasteiger charge is -2.30. The van der Waals surface area contributed by atoms with Gasteiger partial charge >= 0.3 is 0 Å². The molecule has 0 atom stereocenters. The number of carbonyl (C=O) groups excluding carboxylic acids is 2. The first-order valence-electron chi connectivity index (χ1n) is 10.1. The van der Waals surface area contributed by atoms with Crippen LogP contribution in [0.5, 0.6) is 0 Å². The molecule has 0 saturated heterocycles. The number of aryl methyl sites for hydroxylation is 1. The topological polar surface area (TPSA) is 77.1 Å². The summed E-state index contributed by atoms with van der Waals surface area (Å²) in [6.45, 7) is 5.91. The molecule has 0 saturated carbocycles. The molecule has 4 rings (SSSR count). The summed E-state index contributed by atoms with van der Waals surface area (Å²) in [6, 6.07) is 7.64. The van der Waals surface area contributed by atoms with Gasteiger partial charge in [0.1, 0.15) is 5.82 Å². The fourth-order valence-electron chi connectivity index (χ4n) is 4.26. The number of rotatable bonds is 4. The van der Waals surface area contributed by atoms with Crippen molar-refractivity contribution in [3.63, 3.8) is 0 Å². The molecule has 3 N–H and O–H groups in total. The quantitative estimate of drug-likeness (QED) is 0.547. The summed E-state index contributed by atoms with van der Waals surface area (Å²) in [5.41, 5.74) is 8.02. The number of amides is 1. The third kappa shape index (κ3) is 3.77. The largest absolute Gasteiger partial charge is 0.366 e. The number of anilines is 2. The highest BCUT2D eigenvalue weighted by Gasteiger charge is 2.34. The number of aromatic nitrogens is 1. The van der Waals surface area contributed by atoms with Crippen LogP contribution in [-0.4, -0.2) is 16.3 Å². The third-order valence-electron chi connectivity index (χ3n) is 5.68. The van der Waals surface area contributed by atoms with Crippen molar-refractivity contribution >= 4 is 23.1 Å². The van der Waals surface area contributed by atoms with E-state index in [0.717, 1.165) is 11.4 Å². The Labute approximate surface area is 183 Å². The molecule has 0 spiro atoms. The highest BCUT2D eigenvalue weighted by atomic mass is 19.2. The van der Waals surface area contributed by atoms with E-state index in [1.54, 1.807) is 12.1 Å². The van der Waals surface area contributed by atoms with Crippen molar-refractivity contribution in [2.45, 2.75) is 33.6 Å². The van der Waals surface area contributed by atoms with E-state index in [4.69, 9.17) is 5.73 Å². The second-order valence-electron chi connectivity index (χ2n) is 8.89. The third-order valence-corrected chi connectivity index (χ3v) is 5.68. The number of nitrogens with two attached hydrogens (primary N) is 1. The van der Waals surface area contributed by atoms with Crippen molar-refractivity contribution in [2.24, 2.45) is 11.1 Å². The maximum Gasteiger partial charge on any atom is 0.250 e. The Balaban J connectivity index is 1.85. The molecule has 1 aliphatic carbocycles. The average molecular weight is 441 g/mol. The van der Waals surface area contributed by atoms with Gasteiger partial charge in [-0.05, 0) is 43.0 Å². The maximum atomic E-state index is 14.2. The number of primary amides is 1. The Hall–Kier alpha value is -3.55. The van der Waals surface area contributed by atoms with Crippen molar-refractivity contribution < 1.29 is 22.8 Å². The molecular weight excluding hydrogens is 419 g/mol. The highest BCUT2D eigenvalue weighted by Crippen LogP contribution is 2.38. The van der Waals surface area contributed by atoms with Crippen LogP contribution in [0.15, 0.2) is 36.4 Å². The molecule has 1 aromatic heterocycles. The molecule has 1 aliphatic rings. The monoisotopic (exact) mass is 441 g/mol. The lowest BCUT2D eigenvalue weighted by atomic mass is 9.76. The van der Waals surface area contributed by atoms with Gasteiger partial charge in [-0.15, -0.1) is 0 Å². The van der Waals surface area contributed by atoms with Gasteiger partial charge < -0.3 is 15.6 Å². The smallest absolute Gasteiger partial charge is 0.250 e. The van der Waals surface area contributed by atoms with Crippen LogP contribution in [0.4, 0.5) is 24.5 Å². The lowest BCUT2D eigenvalue weighted by Crippen LogP contribution is -2.27. The van der Waals surface area contributed by atoms with Crippen molar-refractivity contribution in [1.29, 1.82) is 0 Å². The van der Waals surface area contributed by atoms with Gasteiger partial charge in [-0.2, -0.15) is 0 Å². The minimum atomic E-state index is -1.32. The van der Waals surface area contributed by atoms with E-state index >= 15 is 0 Å². The summed E-state index contributed by atoms with van der Waals surface area (Å²) in [6.07, 6.45) is 1.12. The molecule has 0 radical (unpaired) electrons. The minimum Gasteiger partial charge on any atom is -0.366 e. The molecule has 8 heteroatoms. The first-order chi connectivity index (χ1) is 15.0. The molecular formula is C24H22F3N3O2. The second-order valence-corrected chi connectivity index (χ2v) is 8.89. The Morgan fingerprint density at radius 1 is 1.00 bits per heavy atom. The molecule has 0 bridgehead atoms. The fraction of sp³-hybridized carbons (Fsp3) is 0.250. The predicted molar refractivity (Wildman–Crippen MR) is 115 cm³/mol. The molecule has 0 unspecified atom stereocenters. The zero-order valence-electron chi connectivity index (χ0n) is 17.9. The number of benzene rings is 2. The normalized spacial score (nSPS) is 14.9. The number of hydrogen-bond acceptors (Lipinski definition) is 3. The summed E-state index contributed by atoms with van der Waals surface area (Å²) < 4.78 is 43.1. The van der Waals surface area contributed by atoms with E-state index in [0.29, 0.717) is 36.2 Å². The van der Waals surface area contributed by atoms with E-state index in [2.05, 4.69) is 5.32 Å². The van der Waals surface area contributed by atoms with Crippen molar-refractivity contribution in [3.05, 3.63) is 76.4 Å². The van der Waals surface area contributed by atoms with E-state index in [9.17, 15) is 22.8 Å². The van der Waals surface area contributed by atoms with Gasteiger partial charge in [0.15, 0.2) is 17.4 Å². The van der Waals surface area contributed by atoms with Gasteiger partial charge in [-0.25, -0.2) is 13.2 Å². The first-order valence-corrected chi connectivity index (χ1v) is 10.1. The van der Waals surface area contributed by atoms with E-state index < -0.39 is 23.4 Å². The fourth-order valence-corrected chi connectivity index (χ4v) is 4.26. The summed E-state index contributed by atoms with van der Waals surface area (Å²) in [5, 5.41) is 2.65. The van der Waals surface area contributed by atoms with Crippen molar-refractivity contribution in [2.75, 3.05) is 5.32 Å². The number of hydrogen-bond donors (Lipinski definition) is 2. The summed E-state index contributed by atoms with van der Waals surface area (Å²) in [7, 11) is 0. The van der Waals surface area contributed by atoms with Crippen LogP contribution in [0.1, 0.15) is 52.4 Å². The van der Waals surface area contributed by atoms with E-state index in [1.807, 2.05) is 31.4 Å². The molecule has 1 amide bonds. The van der Waals surface area contributed by atoms with Crippen LogP contribution in [0.3, 0.4) is 0 Å². The first kappa shape index (κ1) is 21.7. The van der Waals surface area contributed by atoms with E-state index in [-0.39, 0.29) is 28.1 Å². The molecule has 0 fully saturated rings. The van der Waals surface area contributed by atoms with Crippen LogP contribution in [0, 0.1) is 29.8 Å². The van der Waals surface area contributed by atoms with Crippen LogP contribution in [-0.2, 0) is 6.42 Å². The van der Waals surface area contributed by atoms with Crippen LogP contribution < -0.4 is 11.1 Å². The zero-order chi connectivity index (χ0) is 23.4. The SMILES string of the molecule is Cc1cc2c(n1-c1ccc(C(N)=O)c(Nc3cc(F)c(F)cc3F)c1)CC(C)(C)CC2=O. The summed E-state index contributed by atoms with van der Waals surface area (Å²) in [4.78, 5) is 24.6. The number of ketones is 1. The van der Waals surface area contributed by atoms with Gasteiger partial charge in [0, 0.05) is 41.2 Å². The molecule has 0 aliphatic heterocycles. The van der Waals surface area contributed by atoms with Crippen LogP contribution in [0.25, 0.3) is 5.69 Å². The van der Waals surface area contributed by atoms with Crippen molar-refractivity contribution in [3.8, 4) is 5.69 Å². The van der Waals surface area contributed by atoms with E-state index in [1.165, 1.54) is 6.07 Å². The molecule has 2 aromatic carbocycles. The van der Waals surface area contributed by atoms with Crippen LogP contribution >= 0.6 is 0 Å². The average Bonchev–Trinajstić information content (AvgIpc) is 3.01. The maximum absolute atomic E-state index is 14.2. The van der Waals surface area contributed by atoms with Gasteiger partial charge in [0.2, 0.25) is 0 Å². The number of fused-ring (bicyclic) bond motifs is 1. The predicted octanol–water partition coefficient (Wildman–Crippen LogP) is 5.20. The van der Waals surface area contributed by atoms with Gasteiger partial charge in [-0.1, -0.05) is 13.8 Å². The number of nitrogens with zero attached hydrogens (tertiary/aromatic N) is 1. The van der Waals surface area contributed by atoms with Crippen molar-refractivity contribution in [1.82, 2.24) is 4.57 Å². The van der Waals surface area contributed by atoms with Gasteiger partial charge in [0.05, 0.1) is 16.9 Å².